The highest BCUT2D eigenvalue weighted by atomic mass is 19.1. The second kappa shape index (κ2) is 10.3. The summed E-state index contributed by atoms with van der Waals surface area (Å²) < 4.78 is 16.1. The van der Waals surface area contributed by atoms with Crippen LogP contribution in [-0.4, -0.2) is 30.1 Å². The lowest BCUT2D eigenvalue weighted by molar-refractivity contribution is 0.411. The molecule has 0 bridgehead atoms. The molecule has 39 heavy (non-hydrogen) atoms. The first-order valence-corrected chi connectivity index (χ1v) is 12.8. The summed E-state index contributed by atoms with van der Waals surface area (Å²) in [5.74, 6) is -0.0306. The third-order valence-electron chi connectivity index (χ3n) is 6.35. The van der Waals surface area contributed by atoms with Gasteiger partial charge in [-0.25, -0.2) is 9.37 Å². The van der Waals surface area contributed by atoms with Gasteiger partial charge in [-0.3, -0.25) is 15.1 Å². The summed E-state index contributed by atoms with van der Waals surface area (Å²) in [5.41, 5.74) is 6.90. The van der Waals surface area contributed by atoms with E-state index in [9.17, 15) is 0 Å². The number of aryl methyl sites for hydroxylation is 1. The largest absolute Gasteiger partial charge is 0.358 e. The fourth-order valence-corrected chi connectivity index (χ4v) is 4.80. The predicted octanol–water partition coefficient (Wildman–Crippen LogP) is 7.68. The zero-order valence-corrected chi connectivity index (χ0v) is 22.7. The van der Waals surface area contributed by atoms with Gasteiger partial charge in [0.15, 0.2) is 11.6 Å². The molecule has 0 saturated heterocycles. The smallest absolute Gasteiger partial charge is 0.161 e. The molecule has 3 N–H and O–H groups in total. The van der Waals surface area contributed by atoms with Crippen molar-refractivity contribution in [3.63, 3.8) is 0 Å². The number of rotatable bonds is 8. The lowest BCUT2D eigenvalue weighted by Gasteiger charge is -2.20. The van der Waals surface area contributed by atoms with Gasteiger partial charge in [0, 0.05) is 28.7 Å². The number of halogens is 1. The summed E-state index contributed by atoms with van der Waals surface area (Å²) in [5, 5.41) is 10.9. The van der Waals surface area contributed by atoms with Crippen LogP contribution in [0.4, 0.5) is 10.1 Å². The number of allylic oxidation sites excluding steroid dienone is 8. The number of hydrogen-bond acceptors (Lipinski definition) is 5. The number of nitrogens with one attached hydrogen (secondary N) is 3. The van der Waals surface area contributed by atoms with Crippen molar-refractivity contribution < 1.29 is 4.39 Å². The molecule has 0 unspecified atom stereocenters. The molecule has 8 heteroatoms. The van der Waals surface area contributed by atoms with Crippen molar-refractivity contribution in [2.75, 3.05) is 5.32 Å². The van der Waals surface area contributed by atoms with E-state index in [1.54, 1.807) is 24.7 Å². The lowest BCUT2D eigenvalue weighted by atomic mass is 9.91. The Kier molecular flexibility index (Phi) is 6.87. The number of imidazole rings is 1. The fourth-order valence-electron chi connectivity index (χ4n) is 4.80. The minimum absolute atomic E-state index is 0.0859. The molecule has 7 nitrogen and oxygen atoms in total. The monoisotopic (exact) mass is 521 g/mol. The SMILES string of the molecule is C=C/C=C(/C1=CCC=C1)c1nc(-c2n[nH]c3cnc(-c4cncc(NC(=C)CC(C)(C)C)c4)c(F)c23)[nH]c1C. The Morgan fingerprint density at radius 1 is 1.21 bits per heavy atom. The molecule has 0 fully saturated rings. The van der Waals surface area contributed by atoms with Crippen LogP contribution < -0.4 is 5.32 Å². The number of hydrogen-bond donors (Lipinski definition) is 3. The zero-order chi connectivity index (χ0) is 27.7. The molecule has 1 aliphatic rings. The van der Waals surface area contributed by atoms with Gasteiger partial charge in [-0.2, -0.15) is 5.10 Å². The van der Waals surface area contributed by atoms with E-state index in [1.807, 2.05) is 19.1 Å². The van der Waals surface area contributed by atoms with E-state index < -0.39 is 5.82 Å². The minimum atomic E-state index is -0.498. The maximum atomic E-state index is 16.1. The molecule has 0 saturated carbocycles. The van der Waals surface area contributed by atoms with Crippen LogP contribution >= 0.6 is 0 Å². The summed E-state index contributed by atoms with van der Waals surface area (Å²) in [6.45, 7) is 16.4. The van der Waals surface area contributed by atoms with Crippen LogP contribution in [0, 0.1) is 18.2 Å². The van der Waals surface area contributed by atoms with E-state index in [4.69, 9.17) is 4.98 Å². The van der Waals surface area contributed by atoms with Gasteiger partial charge in [-0.15, -0.1) is 0 Å². The molecule has 0 aliphatic heterocycles. The summed E-state index contributed by atoms with van der Waals surface area (Å²) in [6, 6.07) is 1.82. The molecular formula is C31H32FN7. The first-order chi connectivity index (χ1) is 18.6. The lowest BCUT2D eigenvalue weighted by Crippen LogP contribution is -2.10. The fraction of sp³-hybridized carbons (Fsp3) is 0.226. The molecule has 0 spiro atoms. The molecule has 0 amide bonds. The maximum Gasteiger partial charge on any atom is 0.161 e. The number of fused-ring (bicyclic) bond motifs is 1. The van der Waals surface area contributed by atoms with E-state index in [0.29, 0.717) is 28.0 Å². The number of H-pyrrole nitrogens is 2. The van der Waals surface area contributed by atoms with Gasteiger partial charge in [-0.1, -0.05) is 64.3 Å². The van der Waals surface area contributed by atoms with E-state index in [1.165, 1.54) is 0 Å². The Hall–Kier alpha value is -4.59. The minimum Gasteiger partial charge on any atom is -0.358 e. The average Bonchev–Trinajstić information content (AvgIpc) is 3.62. The van der Waals surface area contributed by atoms with Gasteiger partial charge in [0.2, 0.25) is 0 Å². The van der Waals surface area contributed by atoms with Crippen molar-refractivity contribution in [3.05, 3.63) is 96.7 Å². The van der Waals surface area contributed by atoms with Crippen LogP contribution in [-0.2, 0) is 0 Å². The van der Waals surface area contributed by atoms with Crippen LogP contribution in [0.15, 0.2) is 79.5 Å². The first kappa shape index (κ1) is 26.0. The quantitative estimate of drug-likeness (QED) is 0.207. The molecule has 1 aliphatic carbocycles. The average molecular weight is 522 g/mol. The van der Waals surface area contributed by atoms with Gasteiger partial charge < -0.3 is 10.3 Å². The molecule has 4 aromatic heterocycles. The van der Waals surface area contributed by atoms with Gasteiger partial charge in [0.05, 0.1) is 34.7 Å². The highest BCUT2D eigenvalue weighted by Gasteiger charge is 2.23. The normalized spacial score (nSPS) is 13.7. The second-order valence-electron chi connectivity index (χ2n) is 10.9. The Bertz CT molecular complexity index is 1670. The highest BCUT2D eigenvalue weighted by Crippen LogP contribution is 2.35. The predicted molar refractivity (Wildman–Crippen MR) is 156 cm³/mol. The van der Waals surface area contributed by atoms with Gasteiger partial charge in [0.1, 0.15) is 11.4 Å². The Balaban J connectivity index is 1.53. The van der Waals surface area contributed by atoms with Crippen LogP contribution in [0.5, 0.6) is 0 Å². The maximum absolute atomic E-state index is 16.1. The zero-order valence-electron chi connectivity index (χ0n) is 22.7. The van der Waals surface area contributed by atoms with Crippen LogP contribution in [0.25, 0.3) is 39.3 Å². The Labute approximate surface area is 227 Å². The summed E-state index contributed by atoms with van der Waals surface area (Å²) in [7, 11) is 0. The summed E-state index contributed by atoms with van der Waals surface area (Å²) in [4.78, 5) is 16.8. The van der Waals surface area contributed by atoms with E-state index in [2.05, 4.69) is 82.6 Å². The molecule has 4 aromatic rings. The van der Waals surface area contributed by atoms with E-state index >= 15 is 4.39 Å². The van der Waals surface area contributed by atoms with Gasteiger partial charge in [0.25, 0.3) is 0 Å². The number of aromatic nitrogens is 6. The van der Waals surface area contributed by atoms with Crippen LogP contribution in [0.2, 0.25) is 0 Å². The van der Waals surface area contributed by atoms with Crippen molar-refractivity contribution in [1.82, 2.24) is 30.1 Å². The van der Waals surface area contributed by atoms with Crippen molar-refractivity contribution in [3.8, 4) is 22.8 Å². The molecule has 0 atom stereocenters. The highest BCUT2D eigenvalue weighted by molar-refractivity contribution is 5.94. The van der Waals surface area contributed by atoms with E-state index in [0.717, 1.165) is 46.8 Å². The van der Waals surface area contributed by atoms with Gasteiger partial charge in [-0.05, 0) is 36.8 Å². The van der Waals surface area contributed by atoms with Crippen LogP contribution in [0.1, 0.15) is 45.0 Å². The van der Waals surface area contributed by atoms with Crippen LogP contribution in [0.3, 0.4) is 0 Å². The second-order valence-corrected chi connectivity index (χ2v) is 10.9. The first-order valence-electron chi connectivity index (χ1n) is 12.8. The molecule has 4 heterocycles. The molecule has 5 rings (SSSR count). The Morgan fingerprint density at radius 2 is 2.03 bits per heavy atom. The number of aromatic amines is 2. The third kappa shape index (κ3) is 5.36. The Morgan fingerprint density at radius 3 is 2.74 bits per heavy atom. The third-order valence-corrected chi connectivity index (χ3v) is 6.35. The van der Waals surface area contributed by atoms with Crippen molar-refractivity contribution in [2.45, 2.75) is 40.5 Å². The summed E-state index contributed by atoms with van der Waals surface area (Å²) >= 11 is 0. The van der Waals surface area contributed by atoms with Crippen molar-refractivity contribution in [2.24, 2.45) is 5.41 Å². The van der Waals surface area contributed by atoms with Crippen molar-refractivity contribution >= 4 is 22.2 Å². The number of anilines is 1. The van der Waals surface area contributed by atoms with Gasteiger partial charge >= 0.3 is 0 Å². The summed E-state index contributed by atoms with van der Waals surface area (Å²) in [6.07, 6.45) is 16.5. The topological polar surface area (TPSA) is 95.2 Å². The molecular weight excluding hydrogens is 489 g/mol. The number of nitrogens with zero attached hydrogens (tertiary/aromatic N) is 4. The molecule has 0 aromatic carbocycles. The number of pyridine rings is 2. The molecule has 0 radical (unpaired) electrons. The molecule has 198 valence electrons. The van der Waals surface area contributed by atoms with Crippen molar-refractivity contribution in [1.29, 1.82) is 0 Å². The van der Waals surface area contributed by atoms with E-state index in [-0.39, 0.29) is 11.1 Å². The standard InChI is InChI=1S/C31H32FN7/c1-7-10-23(20-11-8-9-12-20)27-19(3)36-30(37-27)29-25-24(38-39-29)17-34-28(26(25)32)21-13-22(16-33-15-21)35-18(2)14-31(4,5)6/h7-8,10-13,15-17,35H,1-2,9,14H2,3-6H3,(H,36,37)(H,38,39)/b23-10-.